The summed E-state index contributed by atoms with van der Waals surface area (Å²) in [5, 5.41) is 4.23. The van der Waals surface area contributed by atoms with E-state index in [0.29, 0.717) is 38.2 Å². The molecule has 1 fully saturated rings. The highest BCUT2D eigenvalue weighted by atomic mass is 16.2. The van der Waals surface area contributed by atoms with Gasteiger partial charge in [0, 0.05) is 44.1 Å². The molecule has 0 spiro atoms. The van der Waals surface area contributed by atoms with Crippen LogP contribution in [0.15, 0.2) is 43.0 Å². The zero-order chi connectivity index (χ0) is 19.5. The van der Waals surface area contributed by atoms with Gasteiger partial charge in [-0.1, -0.05) is 6.92 Å². The van der Waals surface area contributed by atoms with E-state index in [4.69, 9.17) is 0 Å². The zero-order valence-corrected chi connectivity index (χ0v) is 15.9. The third-order valence-electron chi connectivity index (χ3n) is 5.28. The number of aromatic nitrogens is 4. The second-order valence-electron chi connectivity index (χ2n) is 7.02. The number of imidazole rings is 1. The summed E-state index contributed by atoms with van der Waals surface area (Å²) in [6.45, 7) is 4.35. The summed E-state index contributed by atoms with van der Waals surface area (Å²) in [6, 6.07) is 7.03. The van der Waals surface area contributed by atoms with Gasteiger partial charge >= 0.3 is 0 Å². The molecule has 1 atom stereocenters. The fourth-order valence-electron chi connectivity index (χ4n) is 3.74. The number of amides is 2. The Labute approximate surface area is 163 Å². The molecule has 28 heavy (non-hydrogen) atoms. The van der Waals surface area contributed by atoms with Crippen LogP contribution in [0.4, 0.5) is 0 Å². The molecule has 2 amide bonds. The van der Waals surface area contributed by atoms with Crippen LogP contribution in [-0.4, -0.2) is 67.5 Å². The number of aromatic amines is 1. The monoisotopic (exact) mass is 380 g/mol. The molecule has 1 saturated heterocycles. The third kappa shape index (κ3) is 3.49. The van der Waals surface area contributed by atoms with Gasteiger partial charge in [-0.05, 0) is 37.1 Å². The van der Waals surface area contributed by atoms with Crippen molar-refractivity contribution in [1.29, 1.82) is 0 Å². The van der Waals surface area contributed by atoms with Gasteiger partial charge in [0.05, 0.1) is 17.4 Å². The van der Waals surface area contributed by atoms with E-state index in [1.807, 2.05) is 47.2 Å². The van der Waals surface area contributed by atoms with Crippen LogP contribution in [-0.2, 0) is 4.79 Å². The van der Waals surface area contributed by atoms with Crippen LogP contribution in [0.25, 0.3) is 11.0 Å². The van der Waals surface area contributed by atoms with Gasteiger partial charge in [-0.3, -0.25) is 14.3 Å². The van der Waals surface area contributed by atoms with Gasteiger partial charge < -0.3 is 14.8 Å². The summed E-state index contributed by atoms with van der Waals surface area (Å²) in [7, 11) is 0. The van der Waals surface area contributed by atoms with Crippen LogP contribution in [0.2, 0.25) is 0 Å². The lowest BCUT2D eigenvalue weighted by Gasteiger charge is -2.26. The van der Waals surface area contributed by atoms with Crippen molar-refractivity contribution in [3.63, 3.8) is 0 Å². The normalized spacial score (nSPS) is 16.2. The first-order valence-electron chi connectivity index (χ1n) is 9.67. The molecule has 1 unspecified atom stereocenters. The molecule has 1 aliphatic heterocycles. The average Bonchev–Trinajstić information content (AvgIpc) is 3.34. The second-order valence-corrected chi connectivity index (χ2v) is 7.02. The number of H-pyrrole nitrogens is 1. The molecule has 2 aromatic heterocycles. The second kappa shape index (κ2) is 7.84. The minimum atomic E-state index is -0.292. The van der Waals surface area contributed by atoms with Crippen LogP contribution in [0, 0.1) is 0 Å². The predicted octanol–water partition coefficient (Wildman–Crippen LogP) is 2.09. The molecule has 3 heterocycles. The largest absolute Gasteiger partial charge is 0.345 e. The van der Waals surface area contributed by atoms with E-state index in [2.05, 4.69) is 15.1 Å². The highest BCUT2D eigenvalue weighted by molar-refractivity contribution is 5.97. The maximum Gasteiger partial charge on any atom is 0.253 e. The minimum absolute atomic E-state index is 0.00934. The van der Waals surface area contributed by atoms with Crippen molar-refractivity contribution in [3.8, 4) is 0 Å². The number of hydrogen-bond acceptors (Lipinski definition) is 4. The molecule has 8 nitrogen and oxygen atoms in total. The van der Waals surface area contributed by atoms with Gasteiger partial charge in [0.25, 0.3) is 5.91 Å². The average molecular weight is 380 g/mol. The van der Waals surface area contributed by atoms with Crippen molar-refractivity contribution in [2.45, 2.75) is 25.8 Å². The highest BCUT2D eigenvalue weighted by Crippen LogP contribution is 2.18. The number of hydrogen-bond donors (Lipinski definition) is 1. The number of nitrogens with one attached hydrogen (secondary N) is 1. The topological polar surface area (TPSA) is 87.1 Å². The smallest absolute Gasteiger partial charge is 0.253 e. The van der Waals surface area contributed by atoms with E-state index < -0.39 is 0 Å². The number of nitrogens with zero attached hydrogens (tertiary/aromatic N) is 5. The Morgan fingerprint density at radius 3 is 2.79 bits per heavy atom. The lowest BCUT2D eigenvalue weighted by atomic mass is 10.1. The molecule has 1 aliphatic rings. The van der Waals surface area contributed by atoms with E-state index in [1.54, 1.807) is 17.2 Å². The standard InChI is InChI=1S/C20H24N6O2/c1-2-18(26-10-3-7-23-26)20(28)25-9-4-8-24(11-12-25)19(27)15-5-6-16-17(13-15)22-14-21-16/h3,5-7,10,13-14,18H,2,4,8-9,11-12H2,1H3,(H,21,22). The molecular formula is C20H24N6O2. The molecule has 0 aliphatic carbocycles. The SMILES string of the molecule is CCC(C(=O)N1CCCN(C(=O)c2ccc3nc[nH]c3c2)CC1)n1cccn1. The van der Waals surface area contributed by atoms with E-state index in [0.717, 1.165) is 17.5 Å². The van der Waals surface area contributed by atoms with Crippen molar-refractivity contribution in [1.82, 2.24) is 29.5 Å². The summed E-state index contributed by atoms with van der Waals surface area (Å²) in [5.41, 5.74) is 2.33. The maximum absolute atomic E-state index is 13.0. The van der Waals surface area contributed by atoms with E-state index in [9.17, 15) is 9.59 Å². The van der Waals surface area contributed by atoms with Gasteiger partial charge in [-0.15, -0.1) is 0 Å². The van der Waals surface area contributed by atoms with Gasteiger partial charge in [0.2, 0.25) is 5.91 Å². The van der Waals surface area contributed by atoms with E-state index in [1.165, 1.54) is 0 Å². The lowest BCUT2D eigenvalue weighted by Crippen LogP contribution is -2.40. The molecule has 3 aromatic rings. The van der Waals surface area contributed by atoms with E-state index >= 15 is 0 Å². The fourth-order valence-corrected chi connectivity index (χ4v) is 3.74. The van der Waals surface area contributed by atoms with Crippen molar-refractivity contribution in [2.24, 2.45) is 0 Å². The van der Waals surface area contributed by atoms with Gasteiger partial charge in [0.15, 0.2) is 0 Å². The summed E-state index contributed by atoms with van der Waals surface area (Å²) in [5.74, 6) is 0.0595. The number of carbonyl (C=O) groups excluding carboxylic acids is 2. The van der Waals surface area contributed by atoms with Crippen molar-refractivity contribution >= 4 is 22.8 Å². The van der Waals surface area contributed by atoms with Crippen LogP contribution >= 0.6 is 0 Å². The Bertz CT molecular complexity index is 964. The first-order valence-corrected chi connectivity index (χ1v) is 9.67. The summed E-state index contributed by atoms with van der Waals surface area (Å²) in [4.78, 5) is 36.9. The fraction of sp³-hybridized carbons (Fsp3) is 0.400. The van der Waals surface area contributed by atoms with Gasteiger partial charge in [-0.25, -0.2) is 4.98 Å². The highest BCUT2D eigenvalue weighted by Gasteiger charge is 2.28. The van der Waals surface area contributed by atoms with Crippen LogP contribution in [0.1, 0.15) is 36.2 Å². The summed E-state index contributed by atoms with van der Waals surface area (Å²) >= 11 is 0. The summed E-state index contributed by atoms with van der Waals surface area (Å²) in [6.07, 6.45) is 6.59. The number of rotatable bonds is 4. The Morgan fingerprint density at radius 1 is 1.18 bits per heavy atom. The molecule has 8 heteroatoms. The number of carbonyl (C=O) groups is 2. The third-order valence-corrected chi connectivity index (χ3v) is 5.28. The molecule has 0 bridgehead atoms. The summed E-state index contributed by atoms with van der Waals surface area (Å²) < 4.78 is 1.72. The Kier molecular flexibility index (Phi) is 5.10. The first-order chi connectivity index (χ1) is 13.7. The first kappa shape index (κ1) is 18.2. The van der Waals surface area contributed by atoms with Crippen LogP contribution < -0.4 is 0 Å². The predicted molar refractivity (Wildman–Crippen MR) is 105 cm³/mol. The molecule has 1 aromatic carbocycles. The van der Waals surface area contributed by atoms with Gasteiger partial charge in [-0.2, -0.15) is 5.10 Å². The minimum Gasteiger partial charge on any atom is -0.345 e. The van der Waals surface area contributed by atoms with Crippen LogP contribution in [0.3, 0.4) is 0 Å². The molecule has 0 saturated carbocycles. The quantitative estimate of drug-likeness (QED) is 0.751. The zero-order valence-electron chi connectivity index (χ0n) is 15.9. The number of benzene rings is 1. The van der Waals surface area contributed by atoms with Crippen molar-refractivity contribution in [2.75, 3.05) is 26.2 Å². The molecule has 4 rings (SSSR count). The van der Waals surface area contributed by atoms with Crippen molar-refractivity contribution < 1.29 is 9.59 Å². The number of fused-ring (bicyclic) bond motifs is 1. The maximum atomic E-state index is 13.0. The molecule has 146 valence electrons. The Balaban J connectivity index is 1.44. The lowest BCUT2D eigenvalue weighted by molar-refractivity contribution is -0.135. The Hall–Kier alpha value is -3.16. The van der Waals surface area contributed by atoms with E-state index in [-0.39, 0.29) is 17.9 Å². The van der Waals surface area contributed by atoms with Gasteiger partial charge in [0.1, 0.15) is 6.04 Å². The Morgan fingerprint density at radius 2 is 2.00 bits per heavy atom. The van der Waals surface area contributed by atoms with Crippen molar-refractivity contribution in [3.05, 3.63) is 48.5 Å². The molecule has 0 radical (unpaired) electrons. The van der Waals surface area contributed by atoms with Crippen LogP contribution in [0.5, 0.6) is 0 Å². The molecular weight excluding hydrogens is 356 g/mol. The molecule has 1 N–H and O–H groups in total.